The molecule has 0 fully saturated rings. The van der Waals surface area contributed by atoms with E-state index in [1.54, 1.807) is 36.5 Å². The molecule has 4 aromatic rings. The van der Waals surface area contributed by atoms with Crippen LogP contribution in [0.25, 0.3) is 22.4 Å². The molecule has 0 saturated carbocycles. The molecule has 0 bridgehead atoms. The lowest BCUT2D eigenvalue weighted by Crippen LogP contribution is -1.95. The van der Waals surface area contributed by atoms with Gasteiger partial charge in [0.05, 0.1) is 16.9 Å². The normalized spacial score (nSPS) is 10.9. The lowest BCUT2D eigenvalue weighted by atomic mass is 10.0. The van der Waals surface area contributed by atoms with E-state index < -0.39 is 0 Å². The number of ether oxygens (including phenoxy) is 1. The van der Waals surface area contributed by atoms with Gasteiger partial charge in [0, 0.05) is 32.8 Å². The first kappa shape index (κ1) is 19.6. The number of hydrogen-bond donors (Lipinski definition) is 2. The number of halogens is 3. The molecular formula is C22H15Cl3N2O2. The summed E-state index contributed by atoms with van der Waals surface area (Å²) in [6, 6.07) is 17.8. The average molecular weight is 446 g/mol. The second-order valence-electron chi connectivity index (χ2n) is 6.38. The highest BCUT2D eigenvalue weighted by Crippen LogP contribution is 2.39. The predicted molar refractivity (Wildman–Crippen MR) is 117 cm³/mol. The van der Waals surface area contributed by atoms with Crippen molar-refractivity contribution in [1.82, 2.24) is 10.2 Å². The lowest BCUT2D eigenvalue weighted by Gasteiger charge is -2.11. The zero-order valence-electron chi connectivity index (χ0n) is 15.0. The van der Waals surface area contributed by atoms with Gasteiger partial charge in [-0.25, -0.2) is 0 Å². The molecule has 7 heteroatoms. The maximum atomic E-state index is 10.6. The third kappa shape index (κ3) is 4.35. The van der Waals surface area contributed by atoms with Gasteiger partial charge in [0.15, 0.2) is 0 Å². The summed E-state index contributed by atoms with van der Waals surface area (Å²) in [7, 11) is 0. The van der Waals surface area contributed by atoms with Gasteiger partial charge in [-0.05, 0) is 42.0 Å². The summed E-state index contributed by atoms with van der Waals surface area (Å²) >= 11 is 18.2. The minimum absolute atomic E-state index is 0.0641. The van der Waals surface area contributed by atoms with Crippen molar-refractivity contribution in [2.24, 2.45) is 0 Å². The molecule has 0 amide bonds. The Labute approximate surface area is 182 Å². The van der Waals surface area contributed by atoms with Gasteiger partial charge in [-0.3, -0.25) is 5.10 Å². The van der Waals surface area contributed by atoms with E-state index in [-0.39, 0.29) is 5.75 Å². The van der Waals surface area contributed by atoms with Crippen LogP contribution in [0, 0.1) is 0 Å². The Morgan fingerprint density at radius 3 is 2.28 bits per heavy atom. The molecule has 0 radical (unpaired) electrons. The molecule has 0 spiro atoms. The number of H-pyrrole nitrogens is 1. The van der Waals surface area contributed by atoms with Gasteiger partial charge in [0.25, 0.3) is 0 Å². The maximum Gasteiger partial charge on any atom is 0.128 e. The molecule has 0 aliphatic heterocycles. The van der Waals surface area contributed by atoms with Gasteiger partial charge in [0.2, 0.25) is 0 Å². The van der Waals surface area contributed by atoms with Crippen LogP contribution in [0.4, 0.5) is 0 Å². The molecule has 1 heterocycles. The number of nitrogens with one attached hydrogen (secondary N) is 1. The van der Waals surface area contributed by atoms with Crippen molar-refractivity contribution >= 4 is 34.8 Å². The van der Waals surface area contributed by atoms with Crippen LogP contribution < -0.4 is 4.74 Å². The van der Waals surface area contributed by atoms with E-state index in [0.717, 1.165) is 16.7 Å². The van der Waals surface area contributed by atoms with Crippen LogP contribution in [0.3, 0.4) is 0 Å². The number of aromatic amines is 1. The summed E-state index contributed by atoms with van der Waals surface area (Å²) in [5, 5.41) is 19.4. The molecule has 146 valence electrons. The SMILES string of the molecule is Oc1cc(OCc2ccc(Cl)cc2)ccc1-c1[nH]ncc1-c1ccc(Cl)cc1Cl. The van der Waals surface area contributed by atoms with Crippen molar-refractivity contribution in [3.8, 4) is 33.9 Å². The highest BCUT2D eigenvalue weighted by Gasteiger charge is 2.16. The maximum absolute atomic E-state index is 10.6. The van der Waals surface area contributed by atoms with Crippen molar-refractivity contribution in [2.45, 2.75) is 6.61 Å². The molecule has 0 unspecified atom stereocenters. The summed E-state index contributed by atoms with van der Waals surface area (Å²) in [4.78, 5) is 0. The highest BCUT2D eigenvalue weighted by molar-refractivity contribution is 6.36. The Morgan fingerprint density at radius 2 is 1.55 bits per heavy atom. The van der Waals surface area contributed by atoms with Crippen LogP contribution in [0.2, 0.25) is 15.1 Å². The quantitative estimate of drug-likeness (QED) is 0.348. The third-order valence-corrected chi connectivity index (χ3v) is 5.22. The molecule has 29 heavy (non-hydrogen) atoms. The molecule has 0 aliphatic rings. The molecular weight excluding hydrogens is 431 g/mol. The lowest BCUT2D eigenvalue weighted by molar-refractivity contribution is 0.304. The highest BCUT2D eigenvalue weighted by atomic mass is 35.5. The fourth-order valence-electron chi connectivity index (χ4n) is 2.96. The van der Waals surface area contributed by atoms with Crippen LogP contribution in [-0.2, 0) is 6.61 Å². The Bertz CT molecular complexity index is 1160. The molecule has 2 N–H and O–H groups in total. The number of phenolic OH excluding ortho intramolecular Hbond substituents is 1. The molecule has 0 aliphatic carbocycles. The van der Waals surface area contributed by atoms with Crippen LogP contribution in [-0.4, -0.2) is 15.3 Å². The first-order valence-electron chi connectivity index (χ1n) is 8.70. The zero-order valence-corrected chi connectivity index (χ0v) is 17.3. The van der Waals surface area contributed by atoms with Gasteiger partial charge in [-0.15, -0.1) is 0 Å². The van der Waals surface area contributed by atoms with E-state index in [1.165, 1.54) is 0 Å². The second-order valence-corrected chi connectivity index (χ2v) is 7.66. The third-order valence-electron chi connectivity index (χ3n) is 4.42. The van der Waals surface area contributed by atoms with Crippen molar-refractivity contribution in [3.63, 3.8) is 0 Å². The van der Waals surface area contributed by atoms with Gasteiger partial charge >= 0.3 is 0 Å². The predicted octanol–water partition coefficient (Wildman–Crippen LogP) is 6.99. The average Bonchev–Trinajstić information content (AvgIpc) is 3.17. The number of hydrogen-bond acceptors (Lipinski definition) is 3. The van der Waals surface area contributed by atoms with E-state index in [1.807, 2.05) is 30.3 Å². The summed E-state index contributed by atoms with van der Waals surface area (Å²) in [5.74, 6) is 0.612. The minimum atomic E-state index is 0.0641. The number of benzene rings is 3. The van der Waals surface area contributed by atoms with E-state index in [9.17, 15) is 5.11 Å². The molecule has 0 atom stereocenters. The fraction of sp³-hybridized carbons (Fsp3) is 0.0455. The van der Waals surface area contributed by atoms with E-state index >= 15 is 0 Å². The van der Waals surface area contributed by atoms with E-state index in [2.05, 4.69) is 10.2 Å². The van der Waals surface area contributed by atoms with Crippen LogP contribution in [0.5, 0.6) is 11.5 Å². The Hall–Kier alpha value is -2.66. The molecule has 0 saturated heterocycles. The number of nitrogens with zero attached hydrogens (tertiary/aromatic N) is 1. The van der Waals surface area contributed by atoms with Crippen molar-refractivity contribution < 1.29 is 9.84 Å². The molecule has 3 aromatic carbocycles. The Kier molecular flexibility index (Phi) is 5.67. The van der Waals surface area contributed by atoms with Gasteiger partial charge < -0.3 is 9.84 Å². The fourth-order valence-corrected chi connectivity index (χ4v) is 3.60. The Balaban J connectivity index is 1.59. The number of aromatic hydroxyl groups is 1. The van der Waals surface area contributed by atoms with Crippen LogP contribution >= 0.6 is 34.8 Å². The number of rotatable bonds is 5. The van der Waals surface area contributed by atoms with Crippen molar-refractivity contribution in [1.29, 1.82) is 0 Å². The summed E-state index contributed by atoms with van der Waals surface area (Å²) in [6.07, 6.45) is 1.66. The minimum Gasteiger partial charge on any atom is -0.507 e. The summed E-state index contributed by atoms with van der Waals surface area (Å²) in [5.41, 5.74) is 3.74. The first-order valence-corrected chi connectivity index (χ1v) is 9.84. The summed E-state index contributed by atoms with van der Waals surface area (Å²) in [6.45, 7) is 0.367. The zero-order chi connectivity index (χ0) is 20.4. The topological polar surface area (TPSA) is 58.1 Å². The standard InChI is InChI=1S/C22H15Cl3N2O2/c23-14-3-1-13(2-4-14)12-29-16-6-8-18(21(28)10-16)22-19(11-26-27-22)17-7-5-15(24)9-20(17)25/h1-11,28H,12H2,(H,26,27). The smallest absolute Gasteiger partial charge is 0.128 e. The number of aromatic nitrogens is 2. The first-order chi connectivity index (χ1) is 14.0. The van der Waals surface area contributed by atoms with Crippen molar-refractivity contribution in [2.75, 3.05) is 0 Å². The monoisotopic (exact) mass is 444 g/mol. The van der Waals surface area contributed by atoms with Gasteiger partial charge in [0.1, 0.15) is 18.1 Å². The van der Waals surface area contributed by atoms with Gasteiger partial charge in [-0.1, -0.05) is 53.0 Å². The van der Waals surface area contributed by atoms with E-state index in [4.69, 9.17) is 39.5 Å². The molecule has 4 rings (SSSR count). The van der Waals surface area contributed by atoms with Crippen molar-refractivity contribution in [3.05, 3.63) is 87.5 Å². The summed E-state index contributed by atoms with van der Waals surface area (Å²) < 4.78 is 5.77. The molecule has 1 aromatic heterocycles. The van der Waals surface area contributed by atoms with Crippen LogP contribution in [0.1, 0.15) is 5.56 Å². The second kappa shape index (κ2) is 8.37. The number of phenols is 1. The Morgan fingerprint density at radius 1 is 0.828 bits per heavy atom. The van der Waals surface area contributed by atoms with E-state index in [0.29, 0.717) is 38.7 Å². The van der Waals surface area contributed by atoms with Crippen LogP contribution in [0.15, 0.2) is 66.9 Å². The molecule has 4 nitrogen and oxygen atoms in total. The largest absolute Gasteiger partial charge is 0.507 e. The van der Waals surface area contributed by atoms with Gasteiger partial charge in [-0.2, -0.15) is 5.10 Å².